The third-order valence-electron chi connectivity index (χ3n) is 2.67. The second-order valence-electron chi connectivity index (χ2n) is 4.76. The summed E-state index contributed by atoms with van der Waals surface area (Å²) in [6, 6.07) is 0. The van der Waals surface area contributed by atoms with Crippen LogP contribution in [0.4, 0.5) is 0 Å². The Balaban J connectivity index is 2.78. The molecule has 0 spiro atoms. The van der Waals surface area contributed by atoms with Crippen LogP contribution in [0.15, 0.2) is 11.9 Å². The van der Waals surface area contributed by atoms with Crippen LogP contribution < -0.4 is 11.5 Å². The molecule has 1 fully saturated rings. The number of hydrogen-bond donors (Lipinski definition) is 3. The van der Waals surface area contributed by atoms with Crippen LogP contribution in [0.2, 0.25) is 0 Å². The van der Waals surface area contributed by atoms with Crippen molar-refractivity contribution in [2.45, 2.75) is 32.7 Å². The molecule has 1 aliphatic heterocycles. The van der Waals surface area contributed by atoms with E-state index in [1.54, 1.807) is 0 Å². The molecule has 4 nitrogen and oxygen atoms in total. The third-order valence-corrected chi connectivity index (χ3v) is 2.67. The number of likely N-dealkylation sites (tertiary alicyclic amines) is 1. The normalized spacial score (nSPS) is 24.8. The number of rotatable bonds is 1. The molecule has 0 saturated carbocycles. The van der Waals surface area contributed by atoms with Crippen molar-refractivity contribution in [1.29, 1.82) is 5.41 Å². The number of nitrogens with one attached hydrogen (secondary N) is 1. The summed E-state index contributed by atoms with van der Waals surface area (Å²) in [5, 5.41) is 7.85. The molecule has 0 aromatic rings. The van der Waals surface area contributed by atoms with Gasteiger partial charge in [-0.25, -0.2) is 0 Å². The van der Waals surface area contributed by atoms with Crippen molar-refractivity contribution in [3.63, 3.8) is 0 Å². The maximum Gasteiger partial charge on any atom is 0.124 e. The average Bonchev–Trinajstić information content (AvgIpc) is 2.22. The van der Waals surface area contributed by atoms with E-state index in [0.29, 0.717) is 11.8 Å². The summed E-state index contributed by atoms with van der Waals surface area (Å²) in [7, 11) is 0. The van der Waals surface area contributed by atoms with Gasteiger partial charge in [0.1, 0.15) is 5.84 Å². The monoisotopic (exact) mass is 196 g/mol. The Kier molecular flexibility index (Phi) is 2.73. The first-order chi connectivity index (χ1) is 6.33. The molecule has 0 aromatic heterocycles. The van der Waals surface area contributed by atoms with Gasteiger partial charge in [-0.2, -0.15) is 0 Å². The topological polar surface area (TPSA) is 79.1 Å². The van der Waals surface area contributed by atoms with Crippen LogP contribution in [-0.2, 0) is 0 Å². The fourth-order valence-electron chi connectivity index (χ4n) is 2.25. The molecule has 0 aliphatic carbocycles. The molecular weight excluding hydrogens is 176 g/mol. The molecular formula is C10H20N4. The number of hydrogen-bond acceptors (Lipinski definition) is 3. The largest absolute Gasteiger partial charge is 0.386 e. The Morgan fingerprint density at radius 2 is 2.07 bits per heavy atom. The smallest absolute Gasteiger partial charge is 0.124 e. The van der Waals surface area contributed by atoms with E-state index < -0.39 is 0 Å². The average molecular weight is 196 g/mol. The highest BCUT2D eigenvalue weighted by atomic mass is 15.2. The van der Waals surface area contributed by atoms with Gasteiger partial charge in [-0.15, -0.1) is 0 Å². The van der Waals surface area contributed by atoms with Crippen molar-refractivity contribution in [2.24, 2.45) is 17.4 Å². The van der Waals surface area contributed by atoms with Crippen LogP contribution in [0.25, 0.3) is 0 Å². The van der Waals surface area contributed by atoms with Crippen LogP contribution in [0, 0.1) is 11.3 Å². The van der Waals surface area contributed by atoms with Crippen molar-refractivity contribution in [1.82, 2.24) is 4.90 Å². The van der Waals surface area contributed by atoms with Gasteiger partial charge < -0.3 is 16.4 Å². The van der Waals surface area contributed by atoms with E-state index in [0.717, 1.165) is 13.0 Å². The molecule has 0 bridgehead atoms. The van der Waals surface area contributed by atoms with Crippen LogP contribution in [0.3, 0.4) is 0 Å². The second-order valence-corrected chi connectivity index (χ2v) is 4.76. The summed E-state index contributed by atoms with van der Waals surface area (Å²) in [5.74, 6) is 1.24. The molecule has 0 amide bonds. The van der Waals surface area contributed by atoms with Crippen LogP contribution in [-0.4, -0.2) is 22.8 Å². The zero-order chi connectivity index (χ0) is 10.9. The molecule has 14 heavy (non-hydrogen) atoms. The van der Waals surface area contributed by atoms with Gasteiger partial charge in [0.25, 0.3) is 0 Å². The minimum absolute atomic E-state index is 0.0441. The highest BCUT2D eigenvalue weighted by Gasteiger charge is 2.36. The van der Waals surface area contributed by atoms with E-state index in [9.17, 15) is 0 Å². The molecule has 1 atom stereocenters. The van der Waals surface area contributed by atoms with Gasteiger partial charge in [-0.3, -0.25) is 5.41 Å². The summed E-state index contributed by atoms with van der Waals surface area (Å²) >= 11 is 0. The Morgan fingerprint density at radius 1 is 1.50 bits per heavy atom. The van der Waals surface area contributed by atoms with Crippen molar-refractivity contribution in [2.75, 3.05) is 6.54 Å². The van der Waals surface area contributed by atoms with Crippen molar-refractivity contribution >= 4 is 5.84 Å². The lowest BCUT2D eigenvalue weighted by Crippen LogP contribution is -2.42. The van der Waals surface area contributed by atoms with Crippen molar-refractivity contribution in [3.8, 4) is 0 Å². The summed E-state index contributed by atoms with van der Waals surface area (Å²) in [6.45, 7) is 7.40. The lowest BCUT2D eigenvalue weighted by molar-refractivity contribution is 0.281. The number of nitrogens with zero attached hydrogens (tertiary/aromatic N) is 1. The molecule has 1 unspecified atom stereocenters. The molecule has 5 N–H and O–H groups in total. The highest BCUT2D eigenvalue weighted by molar-refractivity contribution is 5.91. The standard InChI is InChI=1S/C10H20N4/c1-7-5-10(2,3)14(6-7)9(13)4-8(11)12/h4,7,13H,5-6,11-12H2,1-3H3. The Morgan fingerprint density at radius 3 is 2.43 bits per heavy atom. The molecule has 80 valence electrons. The van der Waals surface area contributed by atoms with Gasteiger partial charge in [0.05, 0.1) is 5.82 Å². The number of amidine groups is 1. The van der Waals surface area contributed by atoms with Gasteiger partial charge in [0.15, 0.2) is 0 Å². The first kappa shape index (κ1) is 10.9. The lowest BCUT2D eigenvalue weighted by Gasteiger charge is -2.32. The van der Waals surface area contributed by atoms with Gasteiger partial charge in [0, 0.05) is 18.2 Å². The predicted molar refractivity (Wildman–Crippen MR) is 58.8 cm³/mol. The summed E-state index contributed by atoms with van der Waals surface area (Å²) in [4.78, 5) is 2.05. The molecule has 1 heterocycles. The van der Waals surface area contributed by atoms with Crippen LogP contribution in [0.1, 0.15) is 27.2 Å². The fourth-order valence-corrected chi connectivity index (χ4v) is 2.25. The molecule has 0 radical (unpaired) electrons. The molecule has 1 saturated heterocycles. The summed E-state index contributed by atoms with van der Waals surface area (Å²) < 4.78 is 0. The Bertz CT molecular complexity index is 263. The summed E-state index contributed by atoms with van der Waals surface area (Å²) in [6.07, 6.45) is 2.62. The molecule has 1 rings (SSSR count). The lowest BCUT2D eigenvalue weighted by atomic mass is 9.97. The quantitative estimate of drug-likeness (QED) is 0.429. The minimum atomic E-state index is 0.0441. The van der Waals surface area contributed by atoms with Gasteiger partial charge in [-0.05, 0) is 26.2 Å². The minimum Gasteiger partial charge on any atom is -0.386 e. The SMILES string of the molecule is CC1CN(C(=N)C=C(N)N)C(C)(C)C1. The van der Waals surface area contributed by atoms with Crippen LogP contribution in [0.5, 0.6) is 0 Å². The van der Waals surface area contributed by atoms with E-state index in [1.165, 1.54) is 6.08 Å². The first-order valence-corrected chi connectivity index (χ1v) is 4.92. The van der Waals surface area contributed by atoms with Gasteiger partial charge >= 0.3 is 0 Å². The van der Waals surface area contributed by atoms with E-state index in [-0.39, 0.29) is 11.4 Å². The zero-order valence-corrected chi connectivity index (χ0v) is 9.17. The zero-order valence-electron chi connectivity index (χ0n) is 9.17. The molecule has 1 aliphatic rings. The maximum absolute atomic E-state index is 7.85. The third kappa shape index (κ3) is 2.19. The first-order valence-electron chi connectivity index (χ1n) is 4.92. The van der Waals surface area contributed by atoms with Gasteiger partial charge in [-0.1, -0.05) is 6.92 Å². The Labute approximate surface area is 85.5 Å². The predicted octanol–water partition coefficient (Wildman–Crippen LogP) is 0.843. The van der Waals surface area contributed by atoms with E-state index >= 15 is 0 Å². The highest BCUT2D eigenvalue weighted by Crippen LogP contribution is 2.32. The van der Waals surface area contributed by atoms with Crippen LogP contribution >= 0.6 is 0 Å². The van der Waals surface area contributed by atoms with E-state index in [2.05, 4.69) is 25.7 Å². The summed E-state index contributed by atoms with van der Waals surface area (Å²) in [5.41, 5.74) is 10.8. The van der Waals surface area contributed by atoms with E-state index in [4.69, 9.17) is 16.9 Å². The van der Waals surface area contributed by atoms with Crippen molar-refractivity contribution in [3.05, 3.63) is 11.9 Å². The maximum atomic E-state index is 7.85. The fraction of sp³-hybridized carbons (Fsp3) is 0.700. The number of nitrogens with two attached hydrogens (primary N) is 2. The van der Waals surface area contributed by atoms with Crippen molar-refractivity contribution < 1.29 is 0 Å². The Hall–Kier alpha value is -1.19. The van der Waals surface area contributed by atoms with E-state index in [1.807, 2.05) is 0 Å². The second kappa shape index (κ2) is 3.52. The molecule has 0 aromatic carbocycles. The molecule has 4 heteroatoms. The van der Waals surface area contributed by atoms with Gasteiger partial charge in [0.2, 0.25) is 0 Å².